The molecule has 2 N–H and O–H groups in total. The van der Waals surface area contributed by atoms with E-state index in [1.54, 1.807) is 6.92 Å². The van der Waals surface area contributed by atoms with E-state index in [4.69, 9.17) is 5.11 Å². The third-order valence-electron chi connectivity index (χ3n) is 1.94. The molecule has 0 bridgehead atoms. The van der Waals surface area contributed by atoms with Crippen molar-refractivity contribution in [2.24, 2.45) is 5.10 Å². The van der Waals surface area contributed by atoms with Crippen molar-refractivity contribution in [3.05, 3.63) is 22.4 Å². The van der Waals surface area contributed by atoms with Crippen LogP contribution in [0.4, 0.5) is 4.79 Å². The first-order chi connectivity index (χ1) is 8.63. The number of thiophene rings is 1. The van der Waals surface area contributed by atoms with Gasteiger partial charge < -0.3 is 9.84 Å². The molecule has 1 rings (SSSR count). The van der Waals surface area contributed by atoms with Crippen LogP contribution in [0.3, 0.4) is 0 Å². The van der Waals surface area contributed by atoms with Gasteiger partial charge in [0.2, 0.25) is 0 Å². The molecule has 1 aromatic heterocycles. The molecule has 18 heavy (non-hydrogen) atoms. The van der Waals surface area contributed by atoms with E-state index < -0.39 is 12.1 Å². The first-order valence-corrected chi connectivity index (χ1v) is 6.26. The minimum Gasteiger partial charge on any atom is -0.481 e. The van der Waals surface area contributed by atoms with Crippen LogP contribution in [0.2, 0.25) is 0 Å². The molecule has 0 aliphatic rings. The van der Waals surface area contributed by atoms with Crippen molar-refractivity contribution in [3.63, 3.8) is 0 Å². The minimum absolute atomic E-state index is 0.0404. The van der Waals surface area contributed by atoms with Gasteiger partial charge >= 0.3 is 12.1 Å². The second-order valence-electron chi connectivity index (χ2n) is 3.26. The van der Waals surface area contributed by atoms with Crippen molar-refractivity contribution in [1.29, 1.82) is 0 Å². The van der Waals surface area contributed by atoms with Gasteiger partial charge in [-0.2, -0.15) is 5.10 Å². The summed E-state index contributed by atoms with van der Waals surface area (Å²) in [5.41, 5.74) is 2.76. The fourth-order valence-electron chi connectivity index (χ4n) is 1.18. The number of aliphatic carboxylic acids is 1. The number of rotatable bonds is 6. The van der Waals surface area contributed by atoms with Crippen molar-refractivity contribution < 1.29 is 19.4 Å². The van der Waals surface area contributed by atoms with Crippen LogP contribution in [-0.4, -0.2) is 29.5 Å². The third kappa shape index (κ3) is 4.96. The quantitative estimate of drug-likeness (QED) is 0.611. The summed E-state index contributed by atoms with van der Waals surface area (Å²) in [5, 5.41) is 14.4. The number of hydrogen-bond acceptors (Lipinski definition) is 5. The molecule has 1 aromatic rings. The fraction of sp³-hybridized carbons (Fsp3) is 0.364. The summed E-state index contributed by atoms with van der Waals surface area (Å²) < 4.78 is 4.67. The van der Waals surface area contributed by atoms with Gasteiger partial charge in [0.25, 0.3) is 0 Å². The van der Waals surface area contributed by atoms with Crippen LogP contribution in [0.5, 0.6) is 0 Å². The summed E-state index contributed by atoms with van der Waals surface area (Å²) in [4.78, 5) is 22.5. The summed E-state index contributed by atoms with van der Waals surface area (Å²) >= 11 is 1.43. The topological polar surface area (TPSA) is 88.0 Å². The fourth-order valence-corrected chi connectivity index (χ4v) is 1.92. The Kier molecular flexibility index (Phi) is 5.86. The van der Waals surface area contributed by atoms with Crippen molar-refractivity contribution in [1.82, 2.24) is 5.43 Å². The second kappa shape index (κ2) is 7.44. The third-order valence-corrected chi connectivity index (χ3v) is 2.86. The number of hydrazone groups is 1. The molecular weight excluding hydrogens is 256 g/mol. The van der Waals surface area contributed by atoms with E-state index in [2.05, 4.69) is 15.3 Å². The van der Waals surface area contributed by atoms with Crippen LogP contribution in [0.15, 0.2) is 22.6 Å². The van der Waals surface area contributed by atoms with Gasteiger partial charge in [-0.05, 0) is 18.4 Å². The number of hydrogen-bond donors (Lipinski definition) is 2. The van der Waals surface area contributed by atoms with E-state index in [0.717, 1.165) is 4.88 Å². The molecule has 0 unspecified atom stereocenters. The Morgan fingerprint density at radius 1 is 1.50 bits per heavy atom. The van der Waals surface area contributed by atoms with Gasteiger partial charge in [-0.1, -0.05) is 6.07 Å². The molecule has 0 saturated carbocycles. The number of carbonyl (C=O) groups excluding carboxylic acids is 1. The number of nitrogens with one attached hydrogen (secondary N) is 1. The van der Waals surface area contributed by atoms with Crippen LogP contribution in [-0.2, 0) is 9.53 Å². The predicted octanol–water partition coefficient (Wildman–Crippen LogP) is 2.06. The van der Waals surface area contributed by atoms with Crippen LogP contribution in [0.25, 0.3) is 0 Å². The van der Waals surface area contributed by atoms with Gasteiger partial charge in [0.05, 0.1) is 23.6 Å². The number of amides is 1. The number of carbonyl (C=O) groups is 2. The van der Waals surface area contributed by atoms with Gasteiger partial charge in [0.1, 0.15) is 0 Å². The Balaban J connectivity index is 2.68. The predicted molar refractivity (Wildman–Crippen MR) is 67.9 cm³/mol. The molecule has 0 atom stereocenters. The van der Waals surface area contributed by atoms with E-state index >= 15 is 0 Å². The zero-order valence-corrected chi connectivity index (χ0v) is 10.7. The maximum atomic E-state index is 11.1. The van der Waals surface area contributed by atoms with E-state index in [0.29, 0.717) is 5.71 Å². The Morgan fingerprint density at radius 2 is 2.28 bits per heavy atom. The van der Waals surface area contributed by atoms with E-state index in [-0.39, 0.29) is 19.4 Å². The molecule has 6 nitrogen and oxygen atoms in total. The molecule has 0 fully saturated rings. The molecule has 1 heterocycles. The molecule has 7 heteroatoms. The normalized spacial score (nSPS) is 11.1. The Hall–Kier alpha value is -1.89. The van der Waals surface area contributed by atoms with E-state index in [1.807, 2.05) is 17.5 Å². The molecule has 0 saturated heterocycles. The molecule has 1 amide bonds. The number of nitrogens with zero attached hydrogens (tertiary/aromatic N) is 1. The summed E-state index contributed by atoms with van der Waals surface area (Å²) in [5.74, 6) is -0.907. The van der Waals surface area contributed by atoms with Gasteiger partial charge in [0.15, 0.2) is 0 Å². The maximum absolute atomic E-state index is 11.1. The Morgan fingerprint density at radius 3 is 2.83 bits per heavy atom. The average Bonchev–Trinajstić information content (AvgIpc) is 2.82. The lowest BCUT2D eigenvalue weighted by molar-refractivity contribution is -0.136. The lowest BCUT2D eigenvalue weighted by atomic mass is 10.2. The summed E-state index contributed by atoms with van der Waals surface area (Å²) in [6, 6.07) is 3.65. The highest BCUT2D eigenvalue weighted by Crippen LogP contribution is 2.13. The average molecular weight is 270 g/mol. The minimum atomic E-state index is -0.907. The van der Waals surface area contributed by atoms with Crippen molar-refractivity contribution in [2.45, 2.75) is 19.8 Å². The largest absolute Gasteiger partial charge is 0.481 e. The van der Waals surface area contributed by atoms with Crippen LogP contribution in [0, 0.1) is 0 Å². The van der Waals surface area contributed by atoms with Gasteiger partial charge in [-0.25, -0.2) is 10.2 Å². The van der Waals surface area contributed by atoms with Crippen molar-refractivity contribution >= 4 is 29.1 Å². The number of ether oxygens (including phenoxy) is 1. The summed E-state index contributed by atoms with van der Waals surface area (Å²) in [6.45, 7) is 1.94. The zero-order chi connectivity index (χ0) is 13.4. The first kappa shape index (κ1) is 14.2. The lowest BCUT2D eigenvalue weighted by Gasteiger charge is -2.04. The van der Waals surface area contributed by atoms with Crippen LogP contribution >= 0.6 is 11.3 Å². The molecule has 0 radical (unpaired) electrons. The first-order valence-electron chi connectivity index (χ1n) is 5.38. The van der Waals surface area contributed by atoms with E-state index in [1.165, 1.54) is 11.3 Å². The van der Waals surface area contributed by atoms with Crippen molar-refractivity contribution in [2.75, 3.05) is 6.61 Å². The van der Waals surface area contributed by atoms with Crippen LogP contribution < -0.4 is 5.43 Å². The summed E-state index contributed by atoms with van der Waals surface area (Å²) in [7, 11) is 0. The lowest BCUT2D eigenvalue weighted by Crippen LogP contribution is -2.21. The van der Waals surface area contributed by atoms with Gasteiger partial charge in [-0.3, -0.25) is 4.79 Å². The SMILES string of the molecule is CCOC(=O)NN=C(CCC(=O)O)c1cccs1. The number of carboxylic acid groups (broad SMARTS) is 1. The van der Waals surface area contributed by atoms with Crippen LogP contribution in [0.1, 0.15) is 24.6 Å². The highest BCUT2D eigenvalue weighted by Gasteiger charge is 2.09. The second-order valence-corrected chi connectivity index (χ2v) is 4.21. The molecule has 0 aliphatic heterocycles. The maximum Gasteiger partial charge on any atom is 0.427 e. The molecule has 0 spiro atoms. The molecule has 98 valence electrons. The number of carboxylic acids is 1. The van der Waals surface area contributed by atoms with E-state index in [9.17, 15) is 9.59 Å². The smallest absolute Gasteiger partial charge is 0.427 e. The highest BCUT2D eigenvalue weighted by atomic mass is 32.1. The molecular formula is C11H14N2O4S. The molecule has 0 aromatic carbocycles. The van der Waals surface area contributed by atoms with Gasteiger partial charge in [-0.15, -0.1) is 11.3 Å². The molecule has 0 aliphatic carbocycles. The Labute approximate surface area is 108 Å². The zero-order valence-electron chi connectivity index (χ0n) is 9.88. The van der Waals surface area contributed by atoms with Crippen molar-refractivity contribution in [3.8, 4) is 0 Å². The monoisotopic (exact) mass is 270 g/mol. The highest BCUT2D eigenvalue weighted by molar-refractivity contribution is 7.12. The summed E-state index contributed by atoms with van der Waals surface area (Å²) in [6.07, 6.45) is -0.439. The van der Waals surface area contributed by atoms with Gasteiger partial charge in [0, 0.05) is 6.42 Å². The standard InChI is InChI=1S/C11H14N2O4S/c1-2-17-11(16)13-12-8(5-6-10(14)15)9-4-3-7-18-9/h3-4,7H,2,5-6H2,1H3,(H,13,16)(H,14,15). The Bertz CT molecular complexity index is 428.